The number of rotatable bonds is 5. The Morgan fingerprint density at radius 2 is 2.24 bits per heavy atom. The molecule has 0 saturated heterocycles. The van der Waals surface area contributed by atoms with Crippen molar-refractivity contribution in [3.63, 3.8) is 0 Å². The zero-order valence-corrected chi connectivity index (χ0v) is 10.6. The van der Waals surface area contributed by atoms with Crippen LogP contribution in [0.25, 0.3) is 0 Å². The number of nitrogens with one attached hydrogen (secondary N) is 2. The summed E-state index contributed by atoms with van der Waals surface area (Å²) in [6.07, 6.45) is 4.91. The molecular weight excluding hydrogens is 214 g/mol. The van der Waals surface area contributed by atoms with Gasteiger partial charge < -0.3 is 9.88 Å². The molecule has 0 bridgehead atoms. The molecule has 0 aliphatic rings. The van der Waals surface area contributed by atoms with E-state index in [0.29, 0.717) is 0 Å². The summed E-state index contributed by atoms with van der Waals surface area (Å²) >= 11 is 0. The van der Waals surface area contributed by atoms with Gasteiger partial charge >= 0.3 is 0 Å². The van der Waals surface area contributed by atoms with Gasteiger partial charge in [-0.1, -0.05) is 6.92 Å². The molecule has 0 fully saturated rings. The van der Waals surface area contributed by atoms with Crippen LogP contribution in [0.2, 0.25) is 0 Å². The Morgan fingerprint density at radius 3 is 2.88 bits per heavy atom. The van der Waals surface area contributed by atoms with Gasteiger partial charge in [-0.05, 0) is 20.3 Å². The Bertz CT molecular complexity index is 463. The maximum absolute atomic E-state index is 4.19. The second-order valence-corrected chi connectivity index (χ2v) is 4.24. The number of aryl methyl sites for hydroxylation is 3. The van der Waals surface area contributed by atoms with Crippen LogP contribution in [0.4, 0.5) is 5.69 Å². The van der Waals surface area contributed by atoms with Crippen molar-refractivity contribution in [1.82, 2.24) is 19.7 Å². The molecule has 2 aromatic rings. The number of nitrogens with zero attached hydrogens (tertiary/aromatic N) is 3. The largest absolute Gasteiger partial charge is 0.376 e. The molecule has 0 aliphatic carbocycles. The molecule has 2 rings (SSSR count). The van der Waals surface area contributed by atoms with Gasteiger partial charge in [-0.3, -0.25) is 5.10 Å². The molecule has 0 saturated carbocycles. The van der Waals surface area contributed by atoms with E-state index in [0.717, 1.165) is 36.6 Å². The van der Waals surface area contributed by atoms with Crippen LogP contribution in [-0.2, 0) is 13.1 Å². The highest BCUT2D eigenvalue weighted by Crippen LogP contribution is 2.17. The van der Waals surface area contributed by atoms with Crippen molar-refractivity contribution in [1.29, 1.82) is 0 Å². The lowest BCUT2D eigenvalue weighted by molar-refractivity contribution is 0.651. The molecule has 0 aliphatic heterocycles. The molecule has 0 unspecified atom stereocenters. The zero-order valence-electron chi connectivity index (χ0n) is 10.6. The molecule has 0 amide bonds. The van der Waals surface area contributed by atoms with Crippen LogP contribution in [0.1, 0.15) is 30.4 Å². The molecule has 0 radical (unpaired) electrons. The Kier molecular flexibility index (Phi) is 3.46. The minimum Gasteiger partial charge on any atom is -0.376 e. The van der Waals surface area contributed by atoms with E-state index in [1.165, 1.54) is 5.69 Å². The first-order valence-corrected chi connectivity index (χ1v) is 5.96. The van der Waals surface area contributed by atoms with E-state index >= 15 is 0 Å². The van der Waals surface area contributed by atoms with Gasteiger partial charge in [-0.25, -0.2) is 4.98 Å². The van der Waals surface area contributed by atoms with Gasteiger partial charge in [0.2, 0.25) is 0 Å². The molecule has 5 heteroatoms. The van der Waals surface area contributed by atoms with Crippen molar-refractivity contribution in [2.75, 3.05) is 5.32 Å². The monoisotopic (exact) mass is 233 g/mol. The summed E-state index contributed by atoms with van der Waals surface area (Å²) in [6.45, 7) is 7.98. The lowest BCUT2D eigenvalue weighted by Gasteiger charge is -2.09. The third-order valence-corrected chi connectivity index (χ3v) is 2.84. The minimum absolute atomic E-state index is 0.779. The maximum Gasteiger partial charge on any atom is 0.0948 e. The standard InChI is InChI=1S/C12H19N5/c1-4-5-17-8-13-6-11(17)7-14-12-9(2)15-16-10(12)3/h6,8,14H,4-5,7H2,1-3H3,(H,15,16). The quantitative estimate of drug-likeness (QED) is 0.832. The third-order valence-electron chi connectivity index (χ3n) is 2.84. The number of anilines is 1. The third kappa shape index (κ3) is 2.49. The predicted molar refractivity (Wildman–Crippen MR) is 67.9 cm³/mol. The van der Waals surface area contributed by atoms with Crippen molar-refractivity contribution in [3.8, 4) is 0 Å². The van der Waals surface area contributed by atoms with Crippen LogP contribution in [0, 0.1) is 13.8 Å². The number of aromatic nitrogens is 4. The molecular formula is C12H19N5. The fourth-order valence-electron chi connectivity index (χ4n) is 1.93. The summed E-state index contributed by atoms with van der Waals surface area (Å²) < 4.78 is 2.18. The van der Waals surface area contributed by atoms with Crippen molar-refractivity contribution in [2.24, 2.45) is 0 Å². The molecule has 0 aromatic carbocycles. The van der Waals surface area contributed by atoms with Crippen molar-refractivity contribution < 1.29 is 0 Å². The van der Waals surface area contributed by atoms with Gasteiger partial charge in [-0.15, -0.1) is 0 Å². The van der Waals surface area contributed by atoms with E-state index in [-0.39, 0.29) is 0 Å². The zero-order chi connectivity index (χ0) is 12.3. The summed E-state index contributed by atoms with van der Waals surface area (Å²) in [5, 5.41) is 10.5. The Balaban J connectivity index is 2.05. The van der Waals surface area contributed by atoms with Crippen LogP contribution in [0.15, 0.2) is 12.5 Å². The highest BCUT2D eigenvalue weighted by Gasteiger charge is 2.07. The smallest absolute Gasteiger partial charge is 0.0948 e. The molecule has 92 valence electrons. The van der Waals surface area contributed by atoms with Crippen molar-refractivity contribution in [3.05, 3.63) is 29.6 Å². The molecule has 2 N–H and O–H groups in total. The first-order valence-electron chi connectivity index (χ1n) is 5.96. The maximum atomic E-state index is 4.19. The number of aromatic amines is 1. The summed E-state index contributed by atoms with van der Waals surface area (Å²) in [4.78, 5) is 4.19. The Labute approximate surface area is 101 Å². The normalized spacial score (nSPS) is 10.8. The van der Waals surface area contributed by atoms with E-state index in [4.69, 9.17) is 0 Å². The van der Waals surface area contributed by atoms with E-state index in [1.807, 2.05) is 26.4 Å². The fourth-order valence-corrected chi connectivity index (χ4v) is 1.93. The number of hydrogen-bond donors (Lipinski definition) is 2. The Hall–Kier alpha value is -1.78. The number of imidazole rings is 1. The van der Waals surface area contributed by atoms with Crippen molar-refractivity contribution in [2.45, 2.75) is 40.3 Å². The topological polar surface area (TPSA) is 58.5 Å². The van der Waals surface area contributed by atoms with Gasteiger partial charge in [0.05, 0.1) is 35.6 Å². The summed E-state index contributed by atoms with van der Waals surface area (Å²) in [5.41, 5.74) is 4.37. The van der Waals surface area contributed by atoms with Crippen LogP contribution in [0.5, 0.6) is 0 Å². The van der Waals surface area contributed by atoms with Crippen molar-refractivity contribution >= 4 is 5.69 Å². The van der Waals surface area contributed by atoms with E-state index in [2.05, 4.69) is 32.0 Å². The second-order valence-electron chi connectivity index (χ2n) is 4.24. The number of H-pyrrole nitrogens is 1. The lowest BCUT2D eigenvalue weighted by atomic mass is 10.3. The summed E-state index contributed by atoms with van der Waals surface area (Å²) in [5.74, 6) is 0. The first-order chi connectivity index (χ1) is 8.22. The summed E-state index contributed by atoms with van der Waals surface area (Å²) in [7, 11) is 0. The van der Waals surface area contributed by atoms with E-state index in [9.17, 15) is 0 Å². The lowest BCUT2D eigenvalue weighted by Crippen LogP contribution is -2.07. The highest BCUT2D eigenvalue weighted by atomic mass is 15.2. The van der Waals surface area contributed by atoms with Gasteiger partial charge in [0.15, 0.2) is 0 Å². The van der Waals surface area contributed by atoms with Crippen LogP contribution >= 0.6 is 0 Å². The minimum atomic E-state index is 0.779. The molecule has 0 spiro atoms. The van der Waals surface area contributed by atoms with E-state index in [1.54, 1.807) is 0 Å². The average molecular weight is 233 g/mol. The summed E-state index contributed by atoms with van der Waals surface area (Å²) in [6, 6.07) is 0. The fraction of sp³-hybridized carbons (Fsp3) is 0.500. The van der Waals surface area contributed by atoms with Gasteiger partial charge in [0.1, 0.15) is 0 Å². The first kappa shape index (κ1) is 11.7. The molecule has 5 nitrogen and oxygen atoms in total. The second kappa shape index (κ2) is 5.03. The molecule has 0 atom stereocenters. The number of hydrogen-bond acceptors (Lipinski definition) is 3. The van der Waals surface area contributed by atoms with E-state index < -0.39 is 0 Å². The SMILES string of the molecule is CCCn1cncc1CNc1c(C)n[nH]c1C. The van der Waals surface area contributed by atoms with Crippen LogP contribution in [-0.4, -0.2) is 19.7 Å². The van der Waals surface area contributed by atoms with Gasteiger partial charge in [0.25, 0.3) is 0 Å². The van der Waals surface area contributed by atoms with Crippen LogP contribution in [0.3, 0.4) is 0 Å². The van der Waals surface area contributed by atoms with Crippen LogP contribution < -0.4 is 5.32 Å². The van der Waals surface area contributed by atoms with Gasteiger partial charge in [0, 0.05) is 12.7 Å². The highest BCUT2D eigenvalue weighted by molar-refractivity contribution is 5.51. The molecule has 2 aromatic heterocycles. The van der Waals surface area contributed by atoms with Gasteiger partial charge in [-0.2, -0.15) is 5.10 Å². The Morgan fingerprint density at radius 1 is 1.41 bits per heavy atom. The molecule has 2 heterocycles. The molecule has 17 heavy (non-hydrogen) atoms. The predicted octanol–water partition coefficient (Wildman–Crippen LogP) is 2.25. The average Bonchev–Trinajstić information content (AvgIpc) is 2.86.